The number of hydrogen-bond donors (Lipinski definition) is 0. The van der Waals surface area contributed by atoms with Gasteiger partial charge in [0.15, 0.2) is 4.87 Å². The Balaban J connectivity index is 1.96. The second-order valence-electron chi connectivity index (χ2n) is 5.55. The van der Waals surface area contributed by atoms with Gasteiger partial charge in [0.05, 0.1) is 13.7 Å². The first kappa shape index (κ1) is 15.6. The highest BCUT2D eigenvalue weighted by Crippen LogP contribution is 2.47. The average molecular weight is 328 g/mol. The summed E-state index contributed by atoms with van der Waals surface area (Å²) in [6.45, 7) is 4.21. The molecule has 23 heavy (non-hydrogen) atoms. The maximum absolute atomic E-state index is 12.9. The van der Waals surface area contributed by atoms with Crippen LogP contribution < -0.4 is 9.64 Å². The van der Waals surface area contributed by atoms with Gasteiger partial charge in [0.1, 0.15) is 5.75 Å². The first-order valence-electron chi connectivity index (χ1n) is 7.44. The third-order valence-corrected chi connectivity index (χ3v) is 4.65. The van der Waals surface area contributed by atoms with Gasteiger partial charge in [0, 0.05) is 11.3 Å². The number of benzene rings is 2. The van der Waals surface area contributed by atoms with Crippen molar-refractivity contribution >= 4 is 23.2 Å². The number of alkyl halides is 1. The topological polar surface area (TPSA) is 29.5 Å². The lowest BCUT2D eigenvalue weighted by Gasteiger charge is -2.21. The molecule has 1 heterocycles. The summed E-state index contributed by atoms with van der Waals surface area (Å²) in [6.07, 6.45) is 2.10. The number of allylic oxidation sites excluding steroid dienone is 1. The van der Waals surface area contributed by atoms with E-state index in [1.165, 1.54) is 0 Å². The predicted octanol–water partition coefficient (Wildman–Crippen LogP) is 4.25. The van der Waals surface area contributed by atoms with E-state index in [1.54, 1.807) is 18.1 Å². The van der Waals surface area contributed by atoms with Crippen molar-refractivity contribution in [3.05, 3.63) is 72.3 Å². The number of carbonyl (C=O) groups is 1. The van der Waals surface area contributed by atoms with E-state index in [1.807, 2.05) is 48.5 Å². The second-order valence-corrected chi connectivity index (χ2v) is 6.20. The standard InChI is InChI=1S/C19H18ClNO2/c1-3-12-19(20)16-6-4-5-7-17(16)21(18(19)22)13-14-8-10-15(23-2)11-9-14/h3-11H,1,12-13H2,2H3/t19-/m1/s1. The van der Waals surface area contributed by atoms with E-state index in [-0.39, 0.29) is 5.91 Å². The molecule has 2 aromatic carbocycles. The van der Waals surface area contributed by atoms with Crippen LogP contribution in [0.15, 0.2) is 61.2 Å². The Kier molecular flexibility index (Phi) is 4.14. The molecule has 0 fully saturated rings. The summed E-state index contributed by atoms with van der Waals surface area (Å²) in [5.74, 6) is 0.691. The molecule has 1 aliphatic rings. The van der Waals surface area contributed by atoms with Crippen molar-refractivity contribution in [1.82, 2.24) is 0 Å². The number of hydrogen-bond acceptors (Lipinski definition) is 2. The monoisotopic (exact) mass is 327 g/mol. The molecule has 0 radical (unpaired) electrons. The van der Waals surface area contributed by atoms with E-state index < -0.39 is 4.87 Å². The molecule has 0 bridgehead atoms. The quantitative estimate of drug-likeness (QED) is 0.607. The molecule has 0 saturated heterocycles. The summed E-state index contributed by atoms with van der Waals surface area (Å²) >= 11 is 6.68. The highest BCUT2D eigenvalue weighted by molar-refractivity contribution is 6.39. The molecule has 3 rings (SSSR count). The van der Waals surface area contributed by atoms with Gasteiger partial charge in [-0.15, -0.1) is 18.2 Å². The highest BCUT2D eigenvalue weighted by atomic mass is 35.5. The first-order chi connectivity index (χ1) is 11.1. The zero-order chi connectivity index (χ0) is 16.4. The van der Waals surface area contributed by atoms with Gasteiger partial charge in [0.25, 0.3) is 5.91 Å². The molecule has 1 aliphatic heterocycles. The zero-order valence-electron chi connectivity index (χ0n) is 13.0. The molecular weight excluding hydrogens is 310 g/mol. The Labute approximate surface area is 141 Å². The molecule has 4 heteroatoms. The molecule has 118 valence electrons. The number of fused-ring (bicyclic) bond motifs is 1. The predicted molar refractivity (Wildman–Crippen MR) is 93.0 cm³/mol. The molecule has 0 N–H and O–H groups in total. The molecule has 0 saturated carbocycles. The minimum absolute atomic E-state index is 0.101. The van der Waals surface area contributed by atoms with Crippen molar-refractivity contribution < 1.29 is 9.53 Å². The summed E-state index contributed by atoms with van der Waals surface area (Å²) in [6, 6.07) is 15.4. The van der Waals surface area contributed by atoms with Crippen LogP contribution in [0.5, 0.6) is 5.75 Å². The fourth-order valence-corrected chi connectivity index (χ4v) is 3.32. The Bertz CT molecular complexity index is 741. The maximum atomic E-state index is 12.9. The number of para-hydroxylation sites is 1. The van der Waals surface area contributed by atoms with Crippen LogP contribution in [-0.4, -0.2) is 13.0 Å². The lowest BCUT2D eigenvalue weighted by atomic mass is 9.96. The Morgan fingerprint density at radius 1 is 1.22 bits per heavy atom. The summed E-state index contributed by atoms with van der Waals surface area (Å²) < 4.78 is 5.17. The molecule has 0 spiro atoms. The van der Waals surface area contributed by atoms with Crippen LogP contribution in [0.4, 0.5) is 5.69 Å². The van der Waals surface area contributed by atoms with Crippen molar-refractivity contribution in [3.63, 3.8) is 0 Å². The number of anilines is 1. The number of rotatable bonds is 5. The third kappa shape index (κ3) is 2.62. The van der Waals surface area contributed by atoms with E-state index in [0.29, 0.717) is 13.0 Å². The van der Waals surface area contributed by atoms with Gasteiger partial charge >= 0.3 is 0 Å². The van der Waals surface area contributed by atoms with Gasteiger partial charge in [0.2, 0.25) is 0 Å². The van der Waals surface area contributed by atoms with Crippen molar-refractivity contribution in [2.24, 2.45) is 0 Å². The van der Waals surface area contributed by atoms with Crippen molar-refractivity contribution in [2.45, 2.75) is 17.8 Å². The fraction of sp³-hybridized carbons (Fsp3) is 0.211. The SMILES string of the molecule is C=CC[C@]1(Cl)C(=O)N(Cc2ccc(OC)cc2)c2ccccc21. The van der Waals surface area contributed by atoms with Crippen LogP contribution >= 0.6 is 11.6 Å². The molecule has 0 aromatic heterocycles. The van der Waals surface area contributed by atoms with Gasteiger partial charge < -0.3 is 9.64 Å². The number of nitrogens with zero attached hydrogens (tertiary/aromatic N) is 1. The Hall–Kier alpha value is -2.26. The van der Waals surface area contributed by atoms with E-state index in [4.69, 9.17) is 16.3 Å². The van der Waals surface area contributed by atoms with Crippen LogP contribution in [0.25, 0.3) is 0 Å². The number of ether oxygens (including phenoxy) is 1. The van der Waals surface area contributed by atoms with Crippen molar-refractivity contribution in [1.29, 1.82) is 0 Å². The second kappa shape index (κ2) is 6.09. The summed E-state index contributed by atoms with van der Waals surface area (Å²) in [5.41, 5.74) is 2.73. The maximum Gasteiger partial charge on any atom is 0.253 e. The van der Waals surface area contributed by atoms with E-state index in [0.717, 1.165) is 22.6 Å². The molecule has 2 aromatic rings. The van der Waals surface area contributed by atoms with Crippen LogP contribution in [0.3, 0.4) is 0 Å². The van der Waals surface area contributed by atoms with Gasteiger partial charge in [-0.05, 0) is 30.2 Å². The summed E-state index contributed by atoms with van der Waals surface area (Å²) in [7, 11) is 1.63. The molecular formula is C19H18ClNO2. The van der Waals surface area contributed by atoms with Crippen molar-refractivity contribution in [2.75, 3.05) is 12.0 Å². The number of halogens is 1. The minimum atomic E-state index is -1.05. The lowest BCUT2D eigenvalue weighted by molar-refractivity contribution is -0.120. The van der Waals surface area contributed by atoms with Crippen LogP contribution in [0, 0.1) is 0 Å². The van der Waals surface area contributed by atoms with E-state index in [9.17, 15) is 4.79 Å². The van der Waals surface area contributed by atoms with E-state index >= 15 is 0 Å². The molecule has 0 unspecified atom stereocenters. The number of methoxy groups -OCH3 is 1. The van der Waals surface area contributed by atoms with Gasteiger partial charge in [-0.2, -0.15) is 0 Å². The van der Waals surface area contributed by atoms with E-state index in [2.05, 4.69) is 6.58 Å². The average Bonchev–Trinajstić information content (AvgIpc) is 2.78. The van der Waals surface area contributed by atoms with Gasteiger partial charge in [-0.1, -0.05) is 36.4 Å². The number of amides is 1. The fourth-order valence-electron chi connectivity index (χ4n) is 2.95. The van der Waals surface area contributed by atoms with Crippen LogP contribution in [0.1, 0.15) is 17.5 Å². The first-order valence-corrected chi connectivity index (χ1v) is 7.82. The molecule has 1 amide bonds. The Morgan fingerprint density at radius 3 is 2.57 bits per heavy atom. The normalized spacial score (nSPS) is 19.6. The minimum Gasteiger partial charge on any atom is -0.497 e. The molecule has 1 atom stereocenters. The zero-order valence-corrected chi connectivity index (χ0v) is 13.7. The van der Waals surface area contributed by atoms with Crippen LogP contribution in [-0.2, 0) is 16.2 Å². The van der Waals surface area contributed by atoms with Gasteiger partial charge in [-0.25, -0.2) is 0 Å². The summed E-state index contributed by atoms with van der Waals surface area (Å²) in [5, 5.41) is 0. The molecule has 0 aliphatic carbocycles. The largest absolute Gasteiger partial charge is 0.497 e. The lowest BCUT2D eigenvalue weighted by Crippen LogP contribution is -2.35. The summed E-state index contributed by atoms with van der Waals surface area (Å²) in [4.78, 5) is 13.6. The smallest absolute Gasteiger partial charge is 0.253 e. The van der Waals surface area contributed by atoms with Crippen molar-refractivity contribution in [3.8, 4) is 5.75 Å². The number of carbonyl (C=O) groups excluding carboxylic acids is 1. The highest BCUT2D eigenvalue weighted by Gasteiger charge is 2.48. The third-order valence-electron chi connectivity index (χ3n) is 4.13. The van der Waals surface area contributed by atoms with Crippen LogP contribution in [0.2, 0.25) is 0 Å². The van der Waals surface area contributed by atoms with Gasteiger partial charge in [-0.3, -0.25) is 4.79 Å². The Morgan fingerprint density at radius 2 is 1.91 bits per heavy atom. The molecule has 3 nitrogen and oxygen atoms in total.